The van der Waals surface area contributed by atoms with E-state index in [-0.39, 0.29) is 23.4 Å². The Kier molecular flexibility index (Phi) is 5.41. The maximum absolute atomic E-state index is 12.1. The number of aromatic amines is 2. The summed E-state index contributed by atoms with van der Waals surface area (Å²) >= 11 is 5.04. The van der Waals surface area contributed by atoms with E-state index in [0.717, 1.165) is 0 Å². The van der Waals surface area contributed by atoms with E-state index in [9.17, 15) is 9.90 Å². The van der Waals surface area contributed by atoms with Crippen molar-refractivity contribution >= 4 is 12.2 Å². The van der Waals surface area contributed by atoms with Gasteiger partial charge >= 0.3 is 0 Å². The molecule has 0 atom stereocenters. The lowest BCUT2D eigenvalue weighted by molar-refractivity contribution is 0.299. The van der Waals surface area contributed by atoms with Gasteiger partial charge in [-0.3, -0.25) is 9.78 Å². The smallest absolute Gasteiger partial charge is 0.255 e. The first-order valence-electron chi connectivity index (χ1n) is 6.82. The third-order valence-electron chi connectivity index (χ3n) is 3.36. The van der Waals surface area contributed by atoms with E-state index in [0.29, 0.717) is 34.1 Å². The van der Waals surface area contributed by atoms with Crippen molar-refractivity contribution in [2.24, 2.45) is 0 Å². The van der Waals surface area contributed by atoms with Crippen LogP contribution in [0.1, 0.15) is 5.56 Å². The van der Waals surface area contributed by atoms with Crippen LogP contribution in [0.3, 0.4) is 0 Å². The predicted octanol–water partition coefficient (Wildman–Crippen LogP) is 1.66. The number of rotatable bonds is 6. The van der Waals surface area contributed by atoms with Gasteiger partial charge in [-0.25, -0.2) is 0 Å². The van der Waals surface area contributed by atoms with Crippen LogP contribution in [-0.4, -0.2) is 43.0 Å². The minimum Gasteiger partial charge on any atom is -0.493 e. The highest BCUT2D eigenvalue weighted by Crippen LogP contribution is 2.41. The van der Waals surface area contributed by atoms with E-state index < -0.39 is 0 Å². The summed E-state index contributed by atoms with van der Waals surface area (Å²) in [5.74, 6) is 1.36. The van der Waals surface area contributed by atoms with Crippen molar-refractivity contribution in [2.75, 3.05) is 27.9 Å². The van der Waals surface area contributed by atoms with Crippen molar-refractivity contribution in [1.82, 2.24) is 9.97 Å². The summed E-state index contributed by atoms with van der Waals surface area (Å²) in [7, 11) is 4.53. The molecule has 0 aliphatic carbocycles. The van der Waals surface area contributed by atoms with Gasteiger partial charge in [-0.15, -0.1) is 0 Å². The molecule has 1 heterocycles. The SMILES string of the molecule is COc1cc(-c2[nH]c(=S)[nH]c(=O)c2CCO)cc(OC)c1OC. The second kappa shape index (κ2) is 7.30. The highest BCUT2D eigenvalue weighted by Gasteiger charge is 2.17. The molecule has 0 saturated carbocycles. The molecule has 23 heavy (non-hydrogen) atoms. The normalized spacial score (nSPS) is 10.4. The molecule has 0 bridgehead atoms. The molecule has 0 saturated heterocycles. The van der Waals surface area contributed by atoms with Crippen LogP contribution in [0.25, 0.3) is 11.3 Å². The molecule has 0 radical (unpaired) electrons. The van der Waals surface area contributed by atoms with Crippen LogP contribution in [0.2, 0.25) is 0 Å². The quantitative estimate of drug-likeness (QED) is 0.693. The van der Waals surface area contributed by atoms with Gasteiger partial charge in [-0.1, -0.05) is 0 Å². The monoisotopic (exact) mass is 338 g/mol. The summed E-state index contributed by atoms with van der Waals surface area (Å²) in [6.07, 6.45) is 0.188. The molecule has 124 valence electrons. The molecule has 0 aliphatic heterocycles. The van der Waals surface area contributed by atoms with Gasteiger partial charge in [0.1, 0.15) is 0 Å². The van der Waals surface area contributed by atoms with Crippen molar-refractivity contribution in [3.05, 3.63) is 32.8 Å². The summed E-state index contributed by atoms with van der Waals surface area (Å²) in [6, 6.07) is 3.42. The Hall–Kier alpha value is -2.32. The topological polar surface area (TPSA) is 96.6 Å². The predicted molar refractivity (Wildman–Crippen MR) is 88.1 cm³/mol. The molecule has 0 spiro atoms. The Morgan fingerprint density at radius 3 is 2.17 bits per heavy atom. The molecular weight excluding hydrogens is 320 g/mol. The zero-order valence-corrected chi connectivity index (χ0v) is 13.9. The fourth-order valence-electron chi connectivity index (χ4n) is 2.33. The third kappa shape index (κ3) is 3.38. The molecule has 3 N–H and O–H groups in total. The first-order chi connectivity index (χ1) is 11.0. The third-order valence-corrected chi connectivity index (χ3v) is 3.56. The van der Waals surface area contributed by atoms with E-state index in [1.54, 1.807) is 12.1 Å². The van der Waals surface area contributed by atoms with Crippen molar-refractivity contribution in [1.29, 1.82) is 0 Å². The number of aromatic nitrogens is 2. The van der Waals surface area contributed by atoms with Gasteiger partial charge in [0.15, 0.2) is 16.3 Å². The van der Waals surface area contributed by atoms with Crippen LogP contribution in [0.4, 0.5) is 0 Å². The minimum absolute atomic E-state index is 0.162. The maximum atomic E-state index is 12.1. The van der Waals surface area contributed by atoms with Crippen LogP contribution >= 0.6 is 12.2 Å². The Morgan fingerprint density at radius 1 is 1.09 bits per heavy atom. The number of benzene rings is 1. The minimum atomic E-state index is -0.341. The number of ether oxygens (including phenoxy) is 3. The number of methoxy groups -OCH3 is 3. The molecule has 8 heteroatoms. The molecule has 0 unspecified atom stereocenters. The molecule has 0 fully saturated rings. The fourth-order valence-corrected chi connectivity index (χ4v) is 2.53. The van der Waals surface area contributed by atoms with E-state index in [2.05, 4.69) is 9.97 Å². The molecule has 2 aromatic rings. The van der Waals surface area contributed by atoms with Gasteiger partial charge in [0, 0.05) is 24.2 Å². The lowest BCUT2D eigenvalue weighted by atomic mass is 10.0. The number of nitrogens with one attached hydrogen (secondary N) is 2. The lowest BCUT2D eigenvalue weighted by Gasteiger charge is -2.15. The average molecular weight is 338 g/mol. The Labute approximate surface area is 137 Å². The standard InChI is InChI=1S/C15H18N2O5S/c1-20-10-6-8(7-11(21-2)13(10)22-3)12-9(4-5-18)14(19)17-15(23)16-12/h6-7,18H,4-5H2,1-3H3,(H2,16,17,19,23). The fraction of sp³-hybridized carbons (Fsp3) is 0.333. The van der Waals surface area contributed by atoms with Gasteiger partial charge in [0.25, 0.3) is 5.56 Å². The first-order valence-corrected chi connectivity index (χ1v) is 7.23. The number of hydrogen-bond acceptors (Lipinski definition) is 6. The Bertz CT molecular complexity index is 787. The van der Waals surface area contributed by atoms with Gasteiger partial charge < -0.3 is 24.3 Å². The molecule has 2 rings (SSSR count). The van der Waals surface area contributed by atoms with Gasteiger partial charge in [0.2, 0.25) is 5.75 Å². The molecule has 0 aliphatic rings. The molecule has 7 nitrogen and oxygen atoms in total. The highest BCUT2D eigenvalue weighted by atomic mass is 32.1. The van der Waals surface area contributed by atoms with Crippen LogP contribution in [-0.2, 0) is 6.42 Å². The summed E-state index contributed by atoms with van der Waals surface area (Å²) in [6.45, 7) is -0.162. The van der Waals surface area contributed by atoms with Crippen LogP contribution < -0.4 is 19.8 Å². The largest absolute Gasteiger partial charge is 0.493 e. The van der Waals surface area contributed by atoms with Gasteiger partial charge in [0.05, 0.1) is 27.0 Å². The lowest BCUT2D eigenvalue weighted by Crippen LogP contribution is -2.17. The Balaban J connectivity index is 2.76. The van der Waals surface area contributed by atoms with E-state index in [1.807, 2.05) is 0 Å². The zero-order valence-electron chi connectivity index (χ0n) is 13.1. The second-order valence-electron chi connectivity index (χ2n) is 4.65. The van der Waals surface area contributed by atoms with Crippen LogP contribution in [0.5, 0.6) is 17.2 Å². The number of aliphatic hydroxyl groups excluding tert-OH is 1. The molecule has 0 amide bonds. The molecular formula is C15H18N2O5S. The first kappa shape index (κ1) is 17.0. The van der Waals surface area contributed by atoms with E-state index in [1.165, 1.54) is 21.3 Å². The highest BCUT2D eigenvalue weighted by molar-refractivity contribution is 7.71. The maximum Gasteiger partial charge on any atom is 0.255 e. The van der Waals surface area contributed by atoms with Crippen LogP contribution in [0, 0.1) is 4.77 Å². The van der Waals surface area contributed by atoms with E-state index >= 15 is 0 Å². The van der Waals surface area contributed by atoms with Crippen molar-refractivity contribution in [3.63, 3.8) is 0 Å². The summed E-state index contributed by atoms with van der Waals surface area (Å²) in [4.78, 5) is 17.6. The summed E-state index contributed by atoms with van der Waals surface area (Å²) in [5.41, 5.74) is 1.20. The number of H-pyrrole nitrogens is 2. The molecule has 1 aromatic heterocycles. The van der Waals surface area contributed by atoms with Gasteiger partial charge in [-0.05, 0) is 24.4 Å². The van der Waals surface area contributed by atoms with Crippen molar-refractivity contribution < 1.29 is 19.3 Å². The van der Waals surface area contributed by atoms with Crippen molar-refractivity contribution in [3.8, 4) is 28.5 Å². The molecule has 1 aromatic carbocycles. The zero-order chi connectivity index (χ0) is 17.0. The summed E-state index contributed by atoms with van der Waals surface area (Å²) < 4.78 is 16.1. The number of hydrogen-bond donors (Lipinski definition) is 3. The second-order valence-corrected chi connectivity index (χ2v) is 5.06. The van der Waals surface area contributed by atoms with E-state index in [4.69, 9.17) is 26.4 Å². The van der Waals surface area contributed by atoms with Crippen LogP contribution in [0.15, 0.2) is 16.9 Å². The summed E-state index contributed by atoms with van der Waals surface area (Å²) in [5, 5.41) is 9.21. The number of aliphatic hydroxyl groups is 1. The Morgan fingerprint density at radius 2 is 1.70 bits per heavy atom. The van der Waals surface area contributed by atoms with Crippen molar-refractivity contribution in [2.45, 2.75) is 6.42 Å². The van der Waals surface area contributed by atoms with Gasteiger partial charge in [-0.2, -0.15) is 0 Å². The average Bonchev–Trinajstić information content (AvgIpc) is 2.55.